The number of carbonyl (C=O) groups excluding carboxylic acids is 2. The molecule has 1 heterocycles. The van der Waals surface area contributed by atoms with Crippen LogP contribution in [0.4, 0.5) is 21.9 Å². The van der Waals surface area contributed by atoms with Gasteiger partial charge in [-0.15, -0.1) is 0 Å². The van der Waals surface area contributed by atoms with Crippen LogP contribution in [0.1, 0.15) is 64.5 Å². The van der Waals surface area contributed by atoms with E-state index in [-0.39, 0.29) is 17.9 Å². The van der Waals surface area contributed by atoms with E-state index in [2.05, 4.69) is 67.2 Å². The van der Waals surface area contributed by atoms with Crippen molar-refractivity contribution >= 4 is 29.1 Å². The van der Waals surface area contributed by atoms with Gasteiger partial charge >= 0.3 is 12.0 Å². The molecule has 8 heteroatoms. The highest BCUT2D eigenvalue weighted by Crippen LogP contribution is 2.34. The zero-order valence-corrected chi connectivity index (χ0v) is 25.9. The minimum atomic E-state index is -0.295. The third-order valence-electron chi connectivity index (χ3n) is 7.24. The second-order valence-corrected chi connectivity index (χ2v) is 11.9. The Labute approximate surface area is 246 Å². The van der Waals surface area contributed by atoms with Gasteiger partial charge in [0.15, 0.2) is 0 Å². The molecule has 0 aliphatic carbocycles. The number of anilines is 3. The average molecular weight is 567 g/mol. The largest absolute Gasteiger partial charge is 0.464 e. The number of ether oxygens (including phenoxy) is 2. The Balaban J connectivity index is 1.77. The monoisotopic (exact) mass is 566 g/mol. The van der Waals surface area contributed by atoms with Crippen molar-refractivity contribution in [3.63, 3.8) is 0 Å². The lowest BCUT2D eigenvalue weighted by Gasteiger charge is -2.31. The van der Waals surface area contributed by atoms with Crippen LogP contribution in [0.3, 0.4) is 0 Å². The normalized spacial score (nSPS) is 14.6. The van der Waals surface area contributed by atoms with Gasteiger partial charge in [-0.1, -0.05) is 58.4 Å². The maximum Gasteiger partial charge on any atom is 0.323 e. The lowest BCUT2D eigenvalue weighted by molar-refractivity contribution is -0.144. The number of benzene rings is 2. The molecule has 1 atom stereocenters. The Kier molecular flexibility index (Phi) is 12.9. The summed E-state index contributed by atoms with van der Waals surface area (Å²) in [6.07, 6.45) is 1.09. The molecule has 2 aromatic rings. The van der Waals surface area contributed by atoms with Crippen molar-refractivity contribution in [2.75, 3.05) is 68.1 Å². The van der Waals surface area contributed by atoms with E-state index in [4.69, 9.17) is 9.47 Å². The van der Waals surface area contributed by atoms with Crippen molar-refractivity contribution < 1.29 is 19.1 Å². The molecular formula is C33H50N4O4. The molecule has 1 fully saturated rings. The molecule has 0 aromatic heterocycles. The molecule has 1 aliphatic heterocycles. The molecule has 0 spiro atoms. The van der Waals surface area contributed by atoms with Gasteiger partial charge < -0.3 is 25.0 Å². The van der Waals surface area contributed by atoms with Crippen molar-refractivity contribution in [3.05, 3.63) is 53.6 Å². The molecule has 0 unspecified atom stereocenters. The number of amides is 2. The number of urea groups is 1. The van der Waals surface area contributed by atoms with E-state index in [1.54, 1.807) is 0 Å². The van der Waals surface area contributed by atoms with Crippen molar-refractivity contribution in [3.8, 4) is 0 Å². The van der Waals surface area contributed by atoms with E-state index in [1.807, 2.05) is 37.3 Å². The molecule has 3 rings (SSSR count). The van der Waals surface area contributed by atoms with Gasteiger partial charge in [-0.3, -0.25) is 9.69 Å². The molecule has 2 amide bonds. The van der Waals surface area contributed by atoms with Gasteiger partial charge in [0.05, 0.1) is 31.0 Å². The SMILES string of the molecule is CC[C@@H](CC(=O)OCCN1CCOCC1)c1ccc(N(CC(C)C)CC(C)C)c(NC(=O)Nc2ccc(C)cc2)c1. The fourth-order valence-electron chi connectivity index (χ4n) is 5.13. The number of hydrogen-bond donors (Lipinski definition) is 2. The number of aryl methyl sites for hydroxylation is 1. The predicted molar refractivity (Wildman–Crippen MR) is 168 cm³/mol. The molecule has 0 saturated carbocycles. The van der Waals surface area contributed by atoms with Crippen LogP contribution >= 0.6 is 0 Å². The second-order valence-electron chi connectivity index (χ2n) is 11.9. The lowest BCUT2D eigenvalue weighted by Crippen LogP contribution is -2.38. The van der Waals surface area contributed by atoms with E-state index in [9.17, 15) is 9.59 Å². The number of nitrogens with one attached hydrogen (secondary N) is 2. The van der Waals surface area contributed by atoms with Crippen LogP contribution in [0.25, 0.3) is 0 Å². The van der Waals surface area contributed by atoms with Gasteiger partial charge in [-0.05, 0) is 60.9 Å². The van der Waals surface area contributed by atoms with Gasteiger partial charge in [0.25, 0.3) is 0 Å². The van der Waals surface area contributed by atoms with Gasteiger partial charge in [-0.25, -0.2) is 4.79 Å². The summed E-state index contributed by atoms with van der Waals surface area (Å²) in [6, 6.07) is 13.7. The first kappa shape index (κ1) is 32.4. The molecule has 1 aliphatic rings. The summed E-state index contributed by atoms with van der Waals surface area (Å²) in [7, 11) is 0. The van der Waals surface area contributed by atoms with Gasteiger partial charge in [-0.2, -0.15) is 0 Å². The van der Waals surface area contributed by atoms with Crippen LogP contribution < -0.4 is 15.5 Å². The van der Waals surface area contributed by atoms with Crippen LogP contribution in [0, 0.1) is 18.8 Å². The van der Waals surface area contributed by atoms with Crippen LogP contribution in [-0.4, -0.2) is 69.4 Å². The van der Waals surface area contributed by atoms with Crippen molar-refractivity contribution in [1.29, 1.82) is 0 Å². The lowest BCUT2D eigenvalue weighted by atomic mass is 9.92. The molecule has 0 bridgehead atoms. The fraction of sp³-hybridized carbons (Fsp3) is 0.576. The summed E-state index contributed by atoms with van der Waals surface area (Å²) >= 11 is 0. The first-order valence-electron chi connectivity index (χ1n) is 15.1. The Morgan fingerprint density at radius 2 is 1.63 bits per heavy atom. The summed E-state index contributed by atoms with van der Waals surface area (Å²) < 4.78 is 11.0. The topological polar surface area (TPSA) is 83.1 Å². The third-order valence-corrected chi connectivity index (χ3v) is 7.24. The predicted octanol–water partition coefficient (Wildman–Crippen LogP) is 6.52. The van der Waals surface area contributed by atoms with E-state index < -0.39 is 0 Å². The molecule has 41 heavy (non-hydrogen) atoms. The highest BCUT2D eigenvalue weighted by atomic mass is 16.5. The van der Waals surface area contributed by atoms with Crippen molar-refractivity contribution in [2.45, 2.75) is 60.3 Å². The summed E-state index contributed by atoms with van der Waals surface area (Å²) in [5.74, 6) is 0.711. The van der Waals surface area contributed by atoms with Crippen LogP contribution in [0.15, 0.2) is 42.5 Å². The summed E-state index contributed by atoms with van der Waals surface area (Å²) in [6.45, 7) is 19.0. The van der Waals surface area contributed by atoms with Crippen LogP contribution in [-0.2, 0) is 14.3 Å². The van der Waals surface area contributed by atoms with Gasteiger partial charge in [0.1, 0.15) is 6.61 Å². The van der Waals surface area contributed by atoms with Gasteiger partial charge in [0, 0.05) is 38.4 Å². The average Bonchev–Trinajstić information content (AvgIpc) is 2.92. The Hall–Kier alpha value is -3.10. The minimum absolute atomic E-state index is 0.00991. The molecule has 0 radical (unpaired) electrons. The van der Waals surface area contributed by atoms with Gasteiger partial charge in [0.2, 0.25) is 0 Å². The van der Waals surface area contributed by atoms with Crippen molar-refractivity contribution in [1.82, 2.24) is 4.90 Å². The molecule has 8 nitrogen and oxygen atoms in total. The third kappa shape index (κ3) is 11.0. The second kappa shape index (κ2) is 16.4. The maximum atomic E-state index is 13.1. The Morgan fingerprint density at radius 1 is 0.976 bits per heavy atom. The summed E-state index contributed by atoms with van der Waals surface area (Å²) in [5.41, 5.74) is 4.61. The zero-order chi connectivity index (χ0) is 29.8. The number of hydrogen-bond acceptors (Lipinski definition) is 6. The van der Waals surface area contributed by atoms with E-state index in [1.165, 1.54) is 0 Å². The quantitative estimate of drug-likeness (QED) is 0.254. The number of morpholine rings is 1. The first-order chi connectivity index (χ1) is 19.6. The van der Waals surface area contributed by atoms with E-state index in [0.717, 1.165) is 80.5 Å². The maximum absolute atomic E-state index is 13.1. The molecule has 226 valence electrons. The molecule has 2 N–H and O–H groups in total. The van der Waals surface area contributed by atoms with Crippen LogP contribution in [0.5, 0.6) is 0 Å². The number of nitrogens with zero attached hydrogens (tertiary/aromatic N) is 2. The number of esters is 1. The molecular weight excluding hydrogens is 516 g/mol. The molecule has 2 aromatic carbocycles. The van der Waals surface area contributed by atoms with E-state index >= 15 is 0 Å². The smallest absolute Gasteiger partial charge is 0.323 e. The summed E-state index contributed by atoms with van der Waals surface area (Å²) in [4.78, 5) is 30.5. The Morgan fingerprint density at radius 3 is 2.24 bits per heavy atom. The minimum Gasteiger partial charge on any atom is -0.464 e. The Bertz CT molecular complexity index is 1090. The number of carbonyl (C=O) groups is 2. The van der Waals surface area contributed by atoms with Crippen molar-refractivity contribution in [2.24, 2.45) is 11.8 Å². The highest BCUT2D eigenvalue weighted by Gasteiger charge is 2.21. The first-order valence-corrected chi connectivity index (χ1v) is 15.1. The number of rotatable bonds is 14. The molecule has 1 saturated heterocycles. The summed E-state index contributed by atoms with van der Waals surface area (Å²) in [5, 5.41) is 6.08. The van der Waals surface area contributed by atoms with Crippen LogP contribution in [0.2, 0.25) is 0 Å². The van der Waals surface area contributed by atoms with E-state index in [0.29, 0.717) is 24.9 Å². The fourth-order valence-corrected chi connectivity index (χ4v) is 5.13. The standard InChI is InChI=1S/C33H50N4O4/c1-7-27(21-32(38)41-19-16-36-14-17-40-18-15-36)28-10-13-31(37(22-24(2)3)23-25(4)5)30(20-28)35-33(39)34-29-11-8-26(6)9-12-29/h8-13,20,24-25,27H,7,14-19,21-23H2,1-6H3,(H2,34,35,39)/t27-/m0/s1. The highest BCUT2D eigenvalue weighted by molar-refractivity contribution is 6.02. The zero-order valence-electron chi connectivity index (χ0n) is 25.9.